The molecule has 2 aromatic carbocycles. The van der Waals surface area contributed by atoms with Crippen molar-refractivity contribution in [3.8, 4) is 0 Å². The molecule has 2 rings (SSSR count). The molecule has 0 radical (unpaired) electrons. The summed E-state index contributed by atoms with van der Waals surface area (Å²) < 4.78 is 0. The Morgan fingerprint density at radius 2 is 1.83 bits per heavy atom. The van der Waals surface area contributed by atoms with Gasteiger partial charge in [0, 0.05) is 29.4 Å². The van der Waals surface area contributed by atoms with Crippen molar-refractivity contribution in [2.45, 2.75) is 32.7 Å². The number of anilines is 2. The maximum absolute atomic E-state index is 12.1. The van der Waals surface area contributed by atoms with Crippen molar-refractivity contribution in [3.05, 3.63) is 59.7 Å². The van der Waals surface area contributed by atoms with Gasteiger partial charge < -0.3 is 16.4 Å². The van der Waals surface area contributed by atoms with E-state index in [0.29, 0.717) is 29.8 Å². The zero-order chi connectivity index (χ0) is 17.5. The molecular weight excluding hydrogens is 302 g/mol. The van der Waals surface area contributed by atoms with Crippen molar-refractivity contribution in [3.63, 3.8) is 0 Å². The highest BCUT2D eigenvalue weighted by molar-refractivity contribution is 5.97. The maximum atomic E-state index is 12.1. The summed E-state index contributed by atoms with van der Waals surface area (Å²) in [5.41, 5.74) is 8.66. The molecule has 2 amide bonds. The van der Waals surface area contributed by atoms with Crippen LogP contribution in [-0.4, -0.2) is 17.9 Å². The molecule has 2 aromatic rings. The lowest BCUT2D eigenvalue weighted by atomic mass is 10.1. The zero-order valence-electron chi connectivity index (χ0n) is 14.0. The van der Waals surface area contributed by atoms with Crippen LogP contribution in [0.5, 0.6) is 0 Å². The quantitative estimate of drug-likeness (QED) is 0.714. The Balaban J connectivity index is 1.94. The SMILES string of the molecule is CC(C)NC(=O)c1cccc(NC(=O)CCc2ccccc2N)c1. The van der Waals surface area contributed by atoms with Crippen molar-refractivity contribution < 1.29 is 9.59 Å². The fraction of sp³-hybridized carbons (Fsp3) is 0.263. The molecule has 0 fully saturated rings. The lowest BCUT2D eigenvalue weighted by Gasteiger charge is -2.10. The van der Waals surface area contributed by atoms with Gasteiger partial charge >= 0.3 is 0 Å². The first-order valence-electron chi connectivity index (χ1n) is 8.00. The fourth-order valence-corrected chi connectivity index (χ4v) is 2.32. The average molecular weight is 325 g/mol. The van der Waals surface area contributed by atoms with E-state index in [4.69, 9.17) is 5.73 Å². The van der Waals surface area contributed by atoms with Crippen molar-refractivity contribution in [2.24, 2.45) is 0 Å². The highest BCUT2D eigenvalue weighted by atomic mass is 16.2. The molecule has 0 aromatic heterocycles. The number of amides is 2. The van der Waals surface area contributed by atoms with Crippen LogP contribution in [0.25, 0.3) is 0 Å². The predicted octanol–water partition coefficient (Wildman–Crippen LogP) is 2.98. The van der Waals surface area contributed by atoms with Gasteiger partial charge in [-0.15, -0.1) is 0 Å². The van der Waals surface area contributed by atoms with E-state index in [1.165, 1.54) is 0 Å². The van der Waals surface area contributed by atoms with Crippen molar-refractivity contribution in [1.82, 2.24) is 5.32 Å². The standard InChI is InChI=1S/C19H23N3O2/c1-13(2)21-19(24)15-7-5-8-16(12-15)22-18(23)11-10-14-6-3-4-9-17(14)20/h3-9,12-13H,10-11,20H2,1-2H3,(H,21,24)(H,22,23). The Kier molecular flexibility index (Phi) is 5.95. The molecule has 0 saturated carbocycles. The van der Waals surface area contributed by atoms with Gasteiger partial charge in [0.1, 0.15) is 0 Å². The number of hydrogen-bond acceptors (Lipinski definition) is 3. The number of carbonyl (C=O) groups excluding carboxylic acids is 2. The number of hydrogen-bond donors (Lipinski definition) is 3. The largest absolute Gasteiger partial charge is 0.399 e. The van der Waals surface area contributed by atoms with Crippen LogP contribution in [0.3, 0.4) is 0 Å². The second kappa shape index (κ2) is 8.15. The monoisotopic (exact) mass is 325 g/mol. The molecule has 0 aliphatic heterocycles. The van der Waals surface area contributed by atoms with E-state index in [1.54, 1.807) is 24.3 Å². The molecule has 126 valence electrons. The van der Waals surface area contributed by atoms with Crippen LogP contribution >= 0.6 is 0 Å². The second-order valence-corrected chi connectivity index (χ2v) is 5.96. The summed E-state index contributed by atoms with van der Waals surface area (Å²) in [5.74, 6) is -0.266. The average Bonchev–Trinajstić information content (AvgIpc) is 2.54. The van der Waals surface area contributed by atoms with Gasteiger partial charge in [-0.25, -0.2) is 0 Å². The van der Waals surface area contributed by atoms with Crippen LogP contribution < -0.4 is 16.4 Å². The Bertz CT molecular complexity index is 726. The summed E-state index contributed by atoms with van der Waals surface area (Å²) in [7, 11) is 0. The minimum atomic E-state index is -0.154. The zero-order valence-corrected chi connectivity index (χ0v) is 14.0. The van der Waals surface area contributed by atoms with Gasteiger partial charge in [0.2, 0.25) is 5.91 Å². The molecule has 0 bridgehead atoms. The number of para-hydroxylation sites is 1. The molecule has 0 aliphatic carbocycles. The van der Waals surface area contributed by atoms with Gasteiger partial charge in [-0.05, 0) is 50.1 Å². The smallest absolute Gasteiger partial charge is 0.251 e. The Morgan fingerprint density at radius 3 is 2.54 bits per heavy atom. The highest BCUT2D eigenvalue weighted by Crippen LogP contribution is 2.15. The van der Waals surface area contributed by atoms with E-state index >= 15 is 0 Å². The molecule has 0 saturated heterocycles. The van der Waals surface area contributed by atoms with E-state index in [2.05, 4.69) is 10.6 Å². The molecule has 0 heterocycles. The summed E-state index contributed by atoms with van der Waals surface area (Å²) in [4.78, 5) is 24.1. The first-order valence-corrected chi connectivity index (χ1v) is 8.00. The number of nitrogens with one attached hydrogen (secondary N) is 2. The van der Waals surface area contributed by atoms with Crippen LogP contribution in [0.1, 0.15) is 36.2 Å². The molecule has 24 heavy (non-hydrogen) atoms. The van der Waals surface area contributed by atoms with E-state index in [9.17, 15) is 9.59 Å². The number of benzene rings is 2. The van der Waals surface area contributed by atoms with E-state index in [1.807, 2.05) is 38.1 Å². The van der Waals surface area contributed by atoms with Gasteiger partial charge in [0.15, 0.2) is 0 Å². The Labute approximate surface area is 142 Å². The second-order valence-electron chi connectivity index (χ2n) is 5.96. The van der Waals surface area contributed by atoms with Gasteiger partial charge in [-0.3, -0.25) is 9.59 Å². The van der Waals surface area contributed by atoms with Gasteiger partial charge in [0.25, 0.3) is 5.91 Å². The summed E-state index contributed by atoms with van der Waals surface area (Å²) in [6, 6.07) is 14.5. The molecule has 4 N–H and O–H groups in total. The molecular formula is C19H23N3O2. The summed E-state index contributed by atoms with van der Waals surface area (Å²) >= 11 is 0. The lowest BCUT2D eigenvalue weighted by molar-refractivity contribution is -0.116. The van der Waals surface area contributed by atoms with Crippen LogP contribution in [0, 0.1) is 0 Å². The summed E-state index contributed by atoms with van der Waals surface area (Å²) in [6.07, 6.45) is 0.905. The maximum Gasteiger partial charge on any atom is 0.251 e. The molecule has 0 atom stereocenters. The Morgan fingerprint density at radius 1 is 1.08 bits per heavy atom. The minimum absolute atomic E-state index is 0.0621. The van der Waals surface area contributed by atoms with Crippen LogP contribution in [0.4, 0.5) is 11.4 Å². The lowest BCUT2D eigenvalue weighted by Crippen LogP contribution is -2.30. The highest BCUT2D eigenvalue weighted by Gasteiger charge is 2.09. The number of aryl methyl sites for hydroxylation is 1. The number of carbonyl (C=O) groups is 2. The van der Waals surface area contributed by atoms with Crippen LogP contribution in [-0.2, 0) is 11.2 Å². The topological polar surface area (TPSA) is 84.2 Å². The van der Waals surface area contributed by atoms with Crippen molar-refractivity contribution >= 4 is 23.2 Å². The molecule has 0 unspecified atom stereocenters. The fourth-order valence-electron chi connectivity index (χ4n) is 2.32. The third-order valence-corrected chi connectivity index (χ3v) is 3.50. The molecule has 0 spiro atoms. The van der Waals surface area contributed by atoms with Crippen molar-refractivity contribution in [2.75, 3.05) is 11.1 Å². The third kappa shape index (κ3) is 5.12. The molecule has 5 nitrogen and oxygen atoms in total. The minimum Gasteiger partial charge on any atom is -0.399 e. The van der Waals surface area contributed by atoms with Crippen LogP contribution in [0.2, 0.25) is 0 Å². The normalized spacial score (nSPS) is 10.5. The first kappa shape index (κ1) is 17.5. The van der Waals surface area contributed by atoms with Gasteiger partial charge in [-0.2, -0.15) is 0 Å². The van der Waals surface area contributed by atoms with Crippen LogP contribution in [0.15, 0.2) is 48.5 Å². The number of nitrogen functional groups attached to an aromatic ring is 1. The Hall–Kier alpha value is -2.82. The predicted molar refractivity (Wildman–Crippen MR) is 96.8 cm³/mol. The number of rotatable bonds is 6. The van der Waals surface area contributed by atoms with E-state index in [-0.39, 0.29) is 17.9 Å². The van der Waals surface area contributed by atoms with Crippen molar-refractivity contribution in [1.29, 1.82) is 0 Å². The van der Waals surface area contributed by atoms with E-state index < -0.39 is 0 Å². The summed E-state index contributed by atoms with van der Waals surface area (Å²) in [6.45, 7) is 3.80. The molecule has 0 aliphatic rings. The third-order valence-electron chi connectivity index (χ3n) is 3.50. The van der Waals surface area contributed by atoms with E-state index in [0.717, 1.165) is 5.56 Å². The summed E-state index contributed by atoms with van der Waals surface area (Å²) in [5, 5.41) is 5.65. The van der Waals surface area contributed by atoms with Gasteiger partial charge in [0.05, 0.1) is 0 Å². The molecule has 5 heteroatoms. The number of nitrogens with two attached hydrogens (primary N) is 1. The first-order chi connectivity index (χ1) is 11.5. The van der Waals surface area contributed by atoms with Gasteiger partial charge in [-0.1, -0.05) is 24.3 Å².